The van der Waals surface area contributed by atoms with Gasteiger partial charge in [0.05, 0.1) is 18.9 Å². The lowest BCUT2D eigenvalue weighted by atomic mass is 10.1. The number of hydrogen-bond donors (Lipinski definition) is 1. The fourth-order valence-corrected chi connectivity index (χ4v) is 2.72. The Labute approximate surface area is 140 Å². The summed E-state index contributed by atoms with van der Waals surface area (Å²) in [6.07, 6.45) is 0. The van der Waals surface area contributed by atoms with E-state index in [1.54, 1.807) is 31.3 Å². The molecular weight excluding hydrogens is 311 g/mol. The number of carbonyl (C=O) groups is 1. The van der Waals surface area contributed by atoms with Gasteiger partial charge in [0, 0.05) is 38.8 Å². The van der Waals surface area contributed by atoms with E-state index in [4.69, 9.17) is 4.74 Å². The van der Waals surface area contributed by atoms with Crippen molar-refractivity contribution in [2.45, 2.75) is 0 Å². The number of morpholine rings is 1. The highest BCUT2D eigenvalue weighted by atomic mass is 19.1. The average molecular weight is 332 g/mol. The lowest BCUT2D eigenvalue weighted by Gasteiger charge is -2.26. The minimum Gasteiger partial charge on any atom is -0.379 e. The number of nitrogens with zero attached hydrogens (tertiary/aromatic N) is 3. The Bertz CT molecular complexity index is 710. The van der Waals surface area contributed by atoms with E-state index < -0.39 is 0 Å². The van der Waals surface area contributed by atoms with Gasteiger partial charge >= 0.3 is 0 Å². The third kappa shape index (κ3) is 3.80. The molecule has 1 aromatic heterocycles. The topological polar surface area (TPSA) is 59.4 Å². The number of aromatic nitrogens is 2. The van der Waals surface area contributed by atoms with Crippen LogP contribution in [0.4, 0.5) is 4.39 Å². The van der Waals surface area contributed by atoms with Crippen LogP contribution in [0.3, 0.4) is 0 Å². The molecule has 24 heavy (non-hydrogen) atoms. The largest absolute Gasteiger partial charge is 0.379 e. The second-order valence-electron chi connectivity index (χ2n) is 5.73. The normalized spacial score (nSPS) is 15.4. The highest BCUT2D eigenvalue weighted by Crippen LogP contribution is 2.21. The molecule has 3 rings (SSSR count). The Morgan fingerprint density at radius 3 is 2.83 bits per heavy atom. The maximum atomic E-state index is 13.9. The van der Waals surface area contributed by atoms with Crippen LogP contribution >= 0.6 is 0 Å². The Morgan fingerprint density at radius 2 is 2.08 bits per heavy atom. The summed E-state index contributed by atoms with van der Waals surface area (Å²) in [5.74, 6) is -0.560. The fourth-order valence-electron chi connectivity index (χ4n) is 2.72. The van der Waals surface area contributed by atoms with Gasteiger partial charge in [-0.15, -0.1) is 0 Å². The summed E-state index contributed by atoms with van der Waals surface area (Å²) in [5.41, 5.74) is 1.25. The minimum atomic E-state index is -0.352. The molecule has 1 aromatic carbocycles. The van der Waals surface area contributed by atoms with Crippen LogP contribution in [-0.2, 0) is 11.8 Å². The first-order chi connectivity index (χ1) is 11.6. The quantitative estimate of drug-likeness (QED) is 0.896. The van der Waals surface area contributed by atoms with Crippen molar-refractivity contribution in [3.8, 4) is 11.3 Å². The zero-order chi connectivity index (χ0) is 16.9. The average Bonchev–Trinajstić information content (AvgIpc) is 2.98. The van der Waals surface area contributed by atoms with Crippen molar-refractivity contribution in [2.75, 3.05) is 39.4 Å². The number of carbonyl (C=O) groups excluding carboxylic acids is 1. The molecule has 0 spiro atoms. The van der Waals surface area contributed by atoms with Crippen molar-refractivity contribution in [1.29, 1.82) is 0 Å². The molecule has 1 fully saturated rings. The van der Waals surface area contributed by atoms with Crippen LogP contribution < -0.4 is 5.32 Å². The van der Waals surface area contributed by atoms with Crippen molar-refractivity contribution in [3.05, 3.63) is 41.8 Å². The standard InChI is InChI=1S/C17H21FN4O2/c1-21-16(12-15(20-21)13-4-2-3-5-14(13)18)17(23)19-6-7-22-8-10-24-11-9-22/h2-5,12H,6-11H2,1H3,(H,19,23). The van der Waals surface area contributed by atoms with E-state index in [1.807, 2.05) is 0 Å². The summed E-state index contributed by atoms with van der Waals surface area (Å²) >= 11 is 0. The van der Waals surface area contributed by atoms with E-state index in [1.165, 1.54) is 10.7 Å². The number of aryl methyl sites for hydroxylation is 1. The first-order valence-corrected chi connectivity index (χ1v) is 8.02. The van der Waals surface area contributed by atoms with Crippen LogP contribution in [0.2, 0.25) is 0 Å². The molecule has 128 valence electrons. The van der Waals surface area contributed by atoms with Gasteiger partial charge in [0.2, 0.25) is 0 Å². The van der Waals surface area contributed by atoms with Gasteiger partial charge in [0.15, 0.2) is 0 Å². The number of benzene rings is 1. The number of halogens is 1. The van der Waals surface area contributed by atoms with Crippen LogP contribution in [0.1, 0.15) is 10.5 Å². The second-order valence-corrected chi connectivity index (χ2v) is 5.73. The predicted molar refractivity (Wildman–Crippen MR) is 88.2 cm³/mol. The van der Waals surface area contributed by atoms with Crippen LogP contribution in [0.25, 0.3) is 11.3 Å². The molecule has 0 radical (unpaired) electrons. The SMILES string of the molecule is Cn1nc(-c2ccccc2F)cc1C(=O)NCCN1CCOCC1. The first kappa shape index (κ1) is 16.6. The Morgan fingerprint density at radius 1 is 1.33 bits per heavy atom. The van der Waals surface area contributed by atoms with Crippen molar-refractivity contribution in [2.24, 2.45) is 7.05 Å². The molecule has 1 aliphatic rings. The molecule has 1 aliphatic heterocycles. The van der Waals surface area contributed by atoms with E-state index in [0.717, 1.165) is 32.8 Å². The summed E-state index contributed by atoms with van der Waals surface area (Å²) in [6, 6.07) is 8.02. The summed E-state index contributed by atoms with van der Waals surface area (Å²) in [6.45, 7) is 4.59. The Balaban J connectivity index is 1.62. The van der Waals surface area contributed by atoms with Crippen LogP contribution in [0.5, 0.6) is 0 Å². The Hall–Kier alpha value is -2.25. The molecule has 0 saturated carbocycles. The van der Waals surface area contributed by atoms with Crippen LogP contribution in [-0.4, -0.2) is 60.0 Å². The van der Waals surface area contributed by atoms with Crippen molar-refractivity contribution in [1.82, 2.24) is 20.0 Å². The van der Waals surface area contributed by atoms with Gasteiger partial charge in [-0.1, -0.05) is 12.1 Å². The summed E-state index contributed by atoms with van der Waals surface area (Å²) < 4.78 is 20.6. The van der Waals surface area contributed by atoms with E-state index in [-0.39, 0.29) is 11.7 Å². The summed E-state index contributed by atoms with van der Waals surface area (Å²) in [7, 11) is 1.68. The molecule has 1 N–H and O–H groups in total. The van der Waals surface area contributed by atoms with Gasteiger partial charge in [0.1, 0.15) is 11.5 Å². The number of amides is 1. The number of hydrogen-bond acceptors (Lipinski definition) is 4. The molecule has 0 unspecified atom stereocenters. The molecule has 7 heteroatoms. The maximum absolute atomic E-state index is 13.9. The molecule has 2 heterocycles. The Kier molecular flexibility index (Phi) is 5.22. The smallest absolute Gasteiger partial charge is 0.269 e. The maximum Gasteiger partial charge on any atom is 0.269 e. The molecule has 0 bridgehead atoms. The number of nitrogens with one attached hydrogen (secondary N) is 1. The number of ether oxygens (including phenoxy) is 1. The highest BCUT2D eigenvalue weighted by Gasteiger charge is 2.16. The van der Waals surface area contributed by atoms with Crippen molar-refractivity contribution >= 4 is 5.91 Å². The molecule has 6 nitrogen and oxygen atoms in total. The molecule has 1 amide bonds. The van der Waals surface area contributed by atoms with E-state index in [9.17, 15) is 9.18 Å². The van der Waals surface area contributed by atoms with Gasteiger partial charge in [0.25, 0.3) is 5.91 Å². The van der Waals surface area contributed by atoms with Gasteiger partial charge in [-0.2, -0.15) is 5.10 Å². The predicted octanol–water partition coefficient (Wildman–Crippen LogP) is 1.29. The van der Waals surface area contributed by atoms with Crippen LogP contribution in [0.15, 0.2) is 30.3 Å². The van der Waals surface area contributed by atoms with Crippen molar-refractivity contribution in [3.63, 3.8) is 0 Å². The highest BCUT2D eigenvalue weighted by molar-refractivity contribution is 5.93. The van der Waals surface area contributed by atoms with Gasteiger partial charge < -0.3 is 10.1 Å². The monoisotopic (exact) mass is 332 g/mol. The zero-order valence-electron chi connectivity index (χ0n) is 13.7. The second kappa shape index (κ2) is 7.55. The summed E-state index contributed by atoms with van der Waals surface area (Å²) in [5, 5.41) is 7.14. The van der Waals surface area contributed by atoms with Gasteiger partial charge in [-0.3, -0.25) is 14.4 Å². The lowest BCUT2D eigenvalue weighted by molar-refractivity contribution is 0.0383. The van der Waals surface area contributed by atoms with Gasteiger partial charge in [-0.25, -0.2) is 4.39 Å². The van der Waals surface area contributed by atoms with Gasteiger partial charge in [-0.05, 0) is 18.2 Å². The molecule has 2 aromatic rings. The third-order valence-electron chi connectivity index (χ3n) is 4.08. The molecule has 0 atom stereocenters. The van der Waals surface area contributed by atoms with E-state index >= 15 is 0 Å². The number of rotatable bonds is 5. The minimum absolute atomic E-state index is 0.208. The van der Waals surface area contributed by atoms with Crippen molar-refractivity contribution < 1.29 is 13.9 Å². The zero-order valence-corrected chi connectivity index (χ0v) is 13.7. The van der Waals surface area contributed by atoms with E-state index in [0.29, 0.717) is 23.5 Å². The lowest BCUT2D eigenvalue weighted by Crippen LogP contribution is -2.41. The molecule has 0 aliphatic carbocycles. The van der Waals surface area contributed by atoms with Crippen LogP contribution in [0, 0.1) is 5.82 Å². The fraction of sp³-hybridized carbons (Fsp3) is 0.412. The third-order valence-corrected chi connectivity index (χ3v) is 4.08. The first-order valence-electron chi connectivity index (χ1n) is 8.02. The molecular formula is C17H21FN4O2. The van der Waals surface area contributed by atoms with E-state index in [2.05, 4.69) is 15.3 Å². The molecule has 1 saturated heterocycles. The summed E-state index contributed by atoms with van der Waals surface area (Å²) in [4.78, 5) is 14.6.